The Hall–Kier alpha value is -2.73. The molecule has 3 aromatic rings. The third-order valence-electron chi connectivity index (χ3n) is 4.79. The van der Waals surface area contributed by atoms with Gasteiger partial charge in [-0.1, -0.05) is 17.7 Å². The molecule has 26 heavy (non-hydrogen) atoms. The molecule has 0 saturated carbocycles. The van der Waals surface area contributed by atoms with Gasteiger partial charge < -0.3 is 9.64 Å². The zero-order chi connectivity index (χ0) is 17.9. The molecule has 6 nitrogen and oxygen atoms in total. The molecule has 6 heteroatoms. The Balaban J connectivity index is 1.45. The molecule has 1 atom stereocenters. The second kappa shape index (κ2) is 7.25. The molecule has 1 aliphatic heterocycles. The van der Waals surface area contributed by atoms with Gasteiger partial charge in [-0.3, -0.25) is 14.9 Å². The van der Waals surface area contributed by atoms with Crippen molar-refractivity contribution >= 4 is 16.8 Å². The van der Waals surface area contributed by atoms with Crippen LogP contribution in [0.3, 0.4) is 0 Å². The molecule has 1 aliphatic rings. The van der Waals surface area contributed by atoms with E-state index in [9.17, 15) is 4.79 Å². The van der Waals surface area contributed by atoms with E-state index in [0.717, 1.165) is 41.4 Å². The van der Waals surface area contributed by atoms with Crippen LogP contribution in [0.2, 0.25) is 0 Å². The molecule has 1 aromatic carbocycles. The number of hydrogen-bond acceptors (Lipinski definition) is 4. The quantitative estimate of drug-likeness (QED) is 0.785. The first-order valence-electron chi connectivity index (χ1n) is 8.95. The predicted molar refractivity (Wildman–Crippen MR) is 98.8 cm³/mol. The van der Waals surface area contributed by atoms with Gasteiger partial charge in [0.2, 0.25) is 0 Å². The van der Waals surface area contributed by atoms with Crippen LogP contribution in [0.15, 0.2) is 42.7 Å². The Kier molecular flexibility index (Phi) is 4.67. The number of likely N-dealkylation sites (tertiary alicyclic amines) is 1. The predicted octanol–water partition coefficient (Wildman–Crippen LogP) is 3.09. The average Bonchev–Trinajstić information content (AvgIpc) is 3.10. The first-order chi connectivity index (χ1) is 12.7. The van der Waals surface area contributed by atoms with Crippen LogP contribution >= 0.6 is 0 Å². The molecule has 0 radical (unpaired) electrons. The van der Waals surface area contributed by atoms with Gasteiger partial charge in [0.1, 0.15) is 0 Å². The summed E-state index contributed by atoms with van der Waals surface area (Å²) in [5, 5.41) is 8.11. The van der Waals surface area contributed by atoms with Crippen LogP contribution in [0, 0.1) is 6.92 Å². The third-order valence-corrected chi connectivity index (χ3v) is 4.79. The van der Waals surface area contributed by atoms with E-state index in [1.54, 1.807) is 6.20 Å². The SMILES string of the molecule is Cc1ccc2[nH]nc(C(=O)N3CCC[C@H](OCc4cccnc4)C3)c2c1. The van der Waals surface area contributed by atoms with Gasteiger partial charge in [0.05, 0.1) is 18.2 Å². The van der Waals surface area contributed by atoms with Crippen molar-refractivity contribution in [1.82, 2.24) is 20.1 Å². The maximum absolute atomic E-state index is 13.0. The van der Waals surface area contributed by atoms with E-state index >= 15 is 0 Å². The van der Waals surface area contributed by atoms with Gasteiger partial charge in [-0.05, 0) is 43.5 Å². The Morgan fingerprint density at radius 1 is 1.38 bits per heavy atom. The number of aryl methyl sites for hydroxylation is 1. The first-order valence-corrected chi connectivity index (χ1v) is 8.95. The molecule has 2 aromatic heterocycles. The first kappa shape index (κ1) is 16.7. The van der Waals surface area contributed by atoms with Gasteiger partial charge >= 0.3 is 0 Å². The van der Waals surface area contributed by atoms with E-state index < -0.39 is 0 Å². The molecular formula is C20H22N4O2. The lowest BCUT2D eigenvalue weighted by Gasteiger charge is -2.32. The van der Waals surface area contributed by atoms with Crippen molar-refractivity contribution < 1.29 is 9.53 Å². The lowest BCUT2D eigenvalue weighted by Crippen LogP contribution is -2.43. The van der Waals surface area contributed by atoms with Gasteiger partial charge in [0.25, 0.3) is 5.91 Å². The molecule has 0 spiro atoms. The summed E-state index contributed by atoms with van der Waals surface area (Å²) < 4.78 is 6.01. The molecule has 1 fully saturated rings. The van der Waals surface area contributed by atoms with Crippen LogP contribution in [-0.2, 0) is 11.3 Å². The lowest BCUT2D eigenvalue weighted by molar-refractivity contribution is -0.00692. The largest absolute Gasteiger partial charge is 0.372 e. The highest BCUT2D eigenvalue weighted by Crippen LogP contribution is 2.22. The minimum Gasteiger partial charge on any atom is -0.372 e. The van der Waals surface area contributed by atoms with Crippen LogP contribution in [0.5, 0.6) is 0 Å². The summed E-state index contributed by atoms with van der Waals surface area (Å²) in [5.74, 6) is -0.0310. The van der Waals surface area contributed by atoms with Gasteiger partial charge in [-0.25, -0.2) is 0 Å². The minimum atomic E-state index is -0.0310. The minimum absolute atomic E-state index is 0.0310. The maximum Gasteiger partial charge on any atom is 0.275 e. The van der Waals surface area contributed by atoms with Gasteiger partial charge in [-0.2, -0.15) is 5.10 Å². The summed E-state index contributed by atoms with van der Waals surface area (Å²) in [6.07, 6.45) is 5.50. The number of amides is 1. The van der Waals surface area contributed by atoms with Crippen molar-refractivity contribution in [1.29, 1.82) is 0 Å². The summed E-state index contributed by atoms with van der Waals surface area (Å²) in [7, 11) is 0. The highest BCUT2D eigenvalue weighted by atomic mass is 16.5. The average molecular weight is 350 g/mol. The highest BCUT2D eigenvalue weighted by Gasteiger charge is 2.27. The fourth-order valence-corrected chi connectivity index (χ4v) is 3.40. The number of nitrogens with zero attached hydrogens (tertiary/aromatic N) is 3. The molecular weight excluding hydrogens is 328 g/mol. The van der Waals surface area contributed by atoms with Crippen LogP contribution in [-0.4, -0.2) is 45.2 Å². The number of pyridine rings is 1. The Morgan fingerprint density at radius 2 is 2.31 bits per heavy atom. The molecule has 0 aliphatic carbocycles. The molecule has 1 saturated heterocycles. The molecule has 0 unspecified atom stereocenters. The topological polar surface area (TPSA) is 71.1 Å². The number of aromatic nitrogens is 3. The Labute approximate surface area is 152 Å². The van der Waals surface area contributed by atoms with E-state index in [-0.39, 0.29) is 12.0 Å². The van der Waals surface area contributed by atoms with Crippen molar-refractivity contribution in [3.63, 3.8) is 0 Å². The van der Waals surface area contributed by atoms with E-state index in [0.29, 0.717) is 18.8 Å². The summed E-state index contributed by atoms with van der Waals surface area (Å²) in [6, 6.07) is 9.88. The Bertz CT molecular complexity index is 907. The number of ether oxygens (including phenoxy) is 1. The van der Waals surface area contributed by atoms with Crippen molar-refractivity contribution in [2.75, 3.05) is 13.1 Å². The van der Waals surface area contributed by atoms with E-state index in [4.69, 9.17) is 4.74 Å². The zero-order valence-electron chi connectivity index (χ0n) is 14.8. The lowest BCUT2D eigenvalue weighted by atomic mass is 10.1. The molecule has 0 bridgehead atoms. The van der Waals surface area contributed by atoms with Crippen LogP contribution in [0.1, 0.15) is 34.5 Å². The van der Waals surface area contributed by atoms with Crippen LogP contribution in [0.25, 0.3) is 10.9 Å². The molecule has 4 rings (SSSR count). The van der Waals surface area contributed by atoms with Crippen molar-refractivity contribution in [2.24, 2.45) is 0 Å². The van der Waals surface area contributed by atoms with Gasteiger partial charge in [0.15, 0.2) is 5.69 Å². The molecule has 1 N–H and O–H groups in total. The number of fused-ring (bicyclic) bond motifs is 1. The molecule has 134 valence electrons. The third kappa shape index (κ3) is 3.46. The molecule has 1 amide bonds. The Morgan fingerprint density at radius 3 is 3.15 bits per heavy atom. The fraction of sp³-hybridized carbons (Fsp3) is 0.350. The number of benzene rings is 1. The number of rotatable bonds is 4. The number of hydrogen-bond donors (Lipinski definition) is 1. The van der Waals surface area contributed by atoms with Crippen molar-refractivity contribution in [3.8, 4) is 0 Å². The number of carbonyl (C=O) groups excluding carboxylic acids is 1. The van der Waals surface area contributed by atoms with Crippen LogP contribution in [0.4, 0.5) is 0 Å². The number of aromatic amines is 1. The maximum atomic E-state index is 13.0. The summed E-state index contributed by atoms with van der Waals surface area (Å²) in [4.78, 5) is 18.9. The van der Waals surface area contributed by atoms with Crippen molar-refractivity contribution in [2.45, 2.75) is 32.5 Å². The van der Waals surface area contributed by atoms with Gasteiger partial charge in [0, 0.05) is 30.9 Å². The fourth-order valence-electron chi connectivity index (χ4n) is 3.40. The summed E-state index contributed by atoms with van der Waals surface area (Å²) in [5.41, 5.74) is 3.55. The number of carbonyl (C=O) groups is 1. The second-order valence-electron chi connectivity index (χ2n) is 6.81. The highest BCUT2D eigenvalue weighted by molar-refractivity contribution is 6.04. The monoisotopic (exact) mass is 350 g/mol. The standard InChI is InChI=1S/C20H22N4O2/c1-14-6-7-18-17(10-14)19(23-22-18)20(25)24-9-3-5-16(12-24)26-13-15-4-2-8-21-11-15/h2,4,6-8,10-11,16H,3,5,9,12-13H2,1H3,(H,22,23)/t16-/m0/s1. The van der Waals surface area contributed by atoms with Crippen LogP contribution < -0.4 is 0 Å². The van der Waals surface area contributed by atoms with E-state index in [1.807, 2.05) is 48.4 Å². The summed E-state index contributed by atoms with van der Waals surface area (Å²) in [6.45, 7) is 3.87. The number of nitrogens with one attached hydrogen (secondary N) is 1. The number of piperidine rings is 1. The summed E-state index contributed by atoms with van der Waals surface area (Å²) >= 11 is 0. The smallest absolute Gasteiger partial charge is 0.275 e. The molecule has 3 heterocycles. The zero-order valence-corrected chi connectivity index (χ0v) is 14.8. The number of H-pyrrole nitrogens is 1. The van der Waals surface area contributed by atoms with E-state index in [2.05, 4.69) is 15.2 Å². The second-order valence-corrected chi connectivity index (χ2v) is 6.81. The normalized spacial score (nSPS) is 17.6. The van der Waals surface area contributed by atoms with Crippen molar-refractivity contribution in [3.05, 3.63) is 59.5 Å². The van der Waals surface area contributed by atoms with E-state index in [1.165, 1.54) is 0 Å². The van der Waals surface area contributed by atoms with Gasteiger partial charge in [-0.15, -0.1) is 0 Å².